The summed E-state index contributed by atoms with van der Waals surface area (Å²) in [4.78, 5) is 17.8. The van der Waals surface area contributed by atoms with E-state index in [1.54, 1.807) is 11.6 Å². The topological polar surface area (TPSA) is 87.5 Å². The summed E-state index contributed by atoms with van der Waals surface area (Å²) in [6.07, 6.45) is 1.46. The Bertz CT molecular complexity index is 1450. The summed E-state index contributed by atoms with van der Waals surface area (Å²) in [5, 5.41) is 8.38. The van der Waals surface area contributed by atoms with Crippen molar-refractivity contribution in [1.82, 2.24) is 14.8 Å². The SMILES string of the molecule is CCOC(=O)C1=C(c2ccccc2)Nc2ncnn2C1c1ccc(OCc2ccc(Cl)cc2)c(OCC)c1. The van der Waals surface area contributed by atoms with Gasteiger partial charge in [0.25, 0.3) is 0 Å². The molecule has 1 aliphatic heterocycles. The standard InChI is InChI=1S/C29H27ClN4O4/c1-3-36-24-16-21(12-15-23(24)38-17-19-10-13-22(30)14-11-19)27-25(28(35)37-4-2)26(20-8-6-5-7-9-20)33-29-31-18-32-34(27)29/h5-16,18,27H,3-4,17H2,1-2H3,(H,31,32,33). The first-order chi connectivity index (χ1) is 18.6. The van der Waals surface area contributed by atoms with E-state index >= 15 is 0 Å². The van der Waals surface area contributed by atoms with Crippen LogP contribution >= 0.6 is 11.6 Å². The number of nitrogens with one attached hydrogen (secondary N) is 1. The highest BCUT2D eigenvalue weighted by Crippen LogP contribution is 2.41. The van der Waals surface area contributed by atoms with Gasteiger partial charge in [0.15, 0.2) is 11.5 Å². The molecule has 8 nitrogen and oxygen atoms in total. The molecule has 0 fully saturated rings. The molecule has 1 atom stereocenters. The third kappa shape index (κ3) is 5.21. The number of carbonyl (C=O) groups is 1. The molecule has 0 radical (unpaired) electrons. The fourth-order valence-corrected chi connectivity index (χ4v) is 4.48. The Morgan fingerprint density at radius 1 is 0.974 bits per heavy atom. The van der Waals surface area contributed by atoms with Gasteiger partial charge in [0, 0.05) is 5.02 Å². The number of anilines is 1. The predicted molar refractivity (Wildman–Crippen MR) is 145 cm³/mol. The second-order valence-corrected chi connectivity index (χ2v) is 8.92. The largest absolute Gasteiger partial charge is 0.490 e. The predicted octanol–water partition coefficient (Wildman–Crippen LogP) is 5.90. The highest BCUT2D eigenvalue weighted by atomic mass is 35.5. The summed E-state index contributed by atoms with van der Waals surface area (Å²) >= 11 is 6.00. The molecule has 4 aromatic rings. The maximum Gasteiger partial charge on any atom is 0.338 e. The second-order valence-electron chi connectivity index (χ2n) is 8.49. The summed E-state index contributed by atoms with van der Waals surface area (Å²) in [5.41, 5.74) is 3.63. The van der Waals surface area contributed by atoms with Gasteiger partial charge in [-0.3, -0.25) is 0 Å². The average molecular weight is 531 g/mol. The minimum atomic E-state index is -0.604. The molecule has 0 amide bonds. The summed E-state index contributed by atoms with van der Waals surface area (Å²) in [6.45, 7) is 4.73. The zero-order chi connectivity index (χ0) is 26.5. The van der Waals surface area contributed by atoms with Crippen molar-refractivity contribution < 1.29 is 19.0 Å². The Morgan fingerprint density at radius 3 is 2.50 bits per heavy atom. The molecule has 2 heterocycles. The van der Waals surface area contributed by atoms with E-state index < -0.39 is 12.0 Å². The van der Waals surface area contributed by atoms with Gasteiger partial charge >= 0.3 is 5.97 Å². The Morgan fingerprint density at radius 2 is 1.76 bits per heavy atom. The van der Waals surface area contributed by atoms with E-state index in [4.69, 9.17) is 25.8 Å². The number of hydrogen-bond donors (Lipinski definition) is 1. The van der Waals surface area contributed by atoms with E-state index in [1.165, 1.54) is 6.33 Å². The number of ether oxygens (including phenoxy) is 3. The third-order valence-electron chi connectivity index (χ3n) is 6.05. The first-order valence-electron chi connectivity index (χ1n) is 12.4. The lowest BCUT2D eigenvalue weighted by Crippen LogP contribution is -2.30. The number of fused-ring (bicyclic) bond motifs is 1. The van der Waals surface area contributed by atoms with Gasteiger partial charge in [0.2, 0.25) is 5.95 Å². The third-order valence-corrected chi connectivity index (χ3v) is 6.30. The van der Waals surface area contributed by atoms with Crippen molar-refractivity contribution in [2.45, 2.75) is 26.5 Å². The minimum Gasteiger partial charge on any atom is -0.490 e. The molecule has 3 aromatic carbocycles. The van der Waals surface area contributed by atoms with Crippen LogP contribution in [0.15, 0.2) is 84.7 Å². The van der Waals surface area contributed by atoms with Gasteiger partial charge in [-0.05, 0) is 54.8 Å². The molecule has 1 unspecified atom stereocenters. The van der Waals surface area contributed by atoms with E-state index in [9.17, 15) is 4.79 Å². The fourth-order valence-electron chi connectivity index (χ4n) is 4.35. The number of rotatable bonds is 9. The molecule has 0 spiro atoms. The number of aromatic nitrogens is 3. The Balaban J connectivity index is 1.58. The van der Waals surface area contributed by atoms with Crippen LogP contribution in [0.4, 0.5) is 5.95 Å². The molecule has 0 saturated heterocycles. The van der Waals surface area contributed by atoms with Gasteiger partial charge in [-0.25, -0.2) is 9.48 Å². The maximum absolute atomic E-state index is 13.4. The van der Waals surface area contributed by atoms with Gasteiger partial charge in [-0.1, -0.05) is 60.1 Å². The first-order valence-corrected chi connectivity index (χ1v) is 12.7. The molecule has 1 aromatic heterocycles. The van der Waals surface area contributed by atoms with Gasteiger partial charge in [-0.15, -0.1) is 0 Å². The van der Waals surface area contributed by atoms with Crippen LogP contribution in [0.1, 0.15) is 36.6 Å². The number of halogens is 1. The van der Waals surface area contributed by atoms with Crippen molar-refractivity contribution in [3.63, 3.8) is 0 Å². The molecule has 9 heteroatoms. The van der Waals surface area contributed by atoms with Crippen molar-refractivity contribution in [2.24, 2.45) is 0 Å². The van der Waals surface area contributed by atoms with Crippen LogP contribution < -0.4 is 14.8 Å². The summed E-state index contributed by atoms with van der Waals surface area (Å²) in [6, 6.07) is 22.1. The van der Waals surface area contributed by atoms with Crippen LogP contribution in [0.2, 0.25) is 5.02 Å². The molecule has 0 aliphatic carbocycles. The van der Waals surface area contributed by atoms with E-state index in [1.807, 2.05) is 79.7 Å². The average Bonchev–Trinajstić information content (AvgIpc) is 3.41. The number of nitrogens with zero attached hydrogens (tertiary/aromatic N) is 3. The fraction of sp³-hybridized carbons (Fsp3) is 0.207. The van der Waals surface area contributed by atoms with Gasteiger partial charge in [0.1, 0.15) is 19.0 Å². The van der Waals surface area contributed by atoms with Crippen molar-refractivity contribution in [2.75, 3.05) is 18.5 Å². The van der Waals surface area contributed by atoms with Crippen LogP contribution in [-0.4, -0.2) is 33.9 Å². The molecular formula is C29H27ClN4O4. The smallest absolute Gasteiger partial charge is 0.338 e. The quantitative estimate of drug-likeness (QED) is 0.270. The second kappa shape index (κ2) is 11.4. The van der Waals surface area contributed by atoms with Crippen LogP contribution in [0.3, 0.4) is 0 Å². The lowest BCUT2D eigenvalue weighted by molar-refractivity contribution is -0.138. The normalized spacial score (nSPS) is 14.4. The van der Waals surface area contributed by atoms with E-state index in [-0.39, 0.29) is 6.61 Å². The molecule has 194 valence electrons. The molecule has 0 saturated carbocycles. The summed E-state index contributed by atoms with van der Waals surface area (Å²) in [5.74, 6) is 1.22. The Hall–Kier alpha value is -4.30. The zero-order valence-electron chi connectivity index (χ0n) is 21.1. The van der Waals surface area contributed by atoms with Crippen LogP contribution in [0.25, 0.3) is 5.70 Å². The number of benzene rings is 3. The number of hydrogen-bond acceptors (Lipinski definition) is 7. The molecule has 38 heavy (non-hydrogen) atoms. The summed E-state index contributed by atoms with van der Waals surface area (Å²) < 4.78 is 19.2. The van der Waals surface area contributed by atoms with Crippen LogP contribution in [0.5, 0.6) is 11.5 Å². The Labute approximate surface area is 225 Å². The summed E-state index contributed by atoms with van der Waals surface area (Å²) in [7, 11) is 0. The highest BCUT2D eigenvalue weighted by molar-refractivity contribution is 6.30. The van der Waals surface area contributed by atoms with Crippen molar-refractivity contribution in [3.05, 3.63) is 106 Å². The maximum atomic E-state index is 13.4. The van der Waals surface area contributed by atoms with E-state index in [0.717, 1.165) is 16.7 Å². The van der Waals surface area contributed by atoms with Crippen molar-refractivity contribution in [1.29, 1.82) is 0 Å². The van der Waals surface area contributed by atoms with Crippen LogP contribution in [-0.2, 0) is 16.1 Å². The van der Waals surface area contributed by atoms with Gasteiger partial charge in [0.05, 0.1) is 24.5 Å². The minimum absolute atomic E-state index is 0.239. The first kappa shape index (κ1) is 25.4. The van der Waals surface area contributed by atoms with Crippen molar-refractivity contribution in [3.8, 4) is 11.5 Å². The number of carbonyl (C=O) groups excluding carboxylic acids is 1. The van der Waals surface area contributed by atoms with Crippen molar-refractivity contribution >= 4 is 29.2 Å². The Kier molecular flexibility index (Phi) is 7.60. The molecular weight excluding hydrogens is 504 g/mol. The lowest BCUT2D eigenvalue weighted by atomic mass is 9.92. The van der Waals surface area contributed by atoms with E-state index in [2.05, 4.69) is 15.4 Å². The lowest BCUT2D eigenvalue weighted by Gasteiger charge is -2.30. The van der Waals surface area contributed by atoms with Crippen LogP contribution in [0, 0.1) is 0 Å². The molecule has 1 N–H and O–H groups in total. The number of esters is 1. The van der Waals surface area contributed by atoms with E-state index in [0.29, 0.717) is 47.0 Å². The molecule has 5 rings (SSSR count). The molecule has 0 bridgehead atoms. The van der Waals surface area contributed by atoms with Gasteiger partial charge < -0.3 is 19.5 Å². The monoisotopic (exact) mass is 530 g/mol. The zero-order valence-corrected chi connectivity index (χ0v) is 21.8. The van der Waals surface area contributed by atoms with Gasteiger partial charge in [-0.2, -0.15) is 10.1 Å². The molecule has 1 aliphatic rings. The highest BCUT2D eigenvalue weighted by Gasteiger charge is 2.36.